The third-order valence-corrected chi connectivity index (χ3v) is 4.47. The molecular formula is C22H28N2O2. The van der Waals surface area contributed by atoms with Crippen molar-refractivity contribution >= 4 is 23.2 Å². The van der Waals surface area contributed by atoms with Crippen LogP contribution < -0.4 is 10.2 Å². The maximum Gasteiger partial charge on any atom is 0.226 e. The standard InChI is InChI=1S/C22H28N2O2/c1-15(2)19-7-9-20(10-8-19)24(18(5)25)13-12-22(26)23-21-11-6-16(3)14-17(21)4/h6-11,14-15H,12-13H2,1-5H3,(H,23,26). The maximum absolute atomic E-state index is 12.3. The van der Waals surface area contributed by atoms with Crippen molar-refractivity contribution in [3.63, 3.8) is 0 Å². The summed E-state index contributed by atoms with van der Waals surface area (Å²) < 4.78 is 0. The van der Waals surface area contributed by atoms with Crippen LogP contribution in [0.15, 0.2) is 42.5 Å². The largest absolute Gasteiger partial charge is 0.326 e. The van der Waals surface area contributed by atoms with E-state index in [0.717, 1.165) is 22.5 Å². The van der Waals surface area contributed by atoms with E-state index in [1.54, 1.807) is 4.90 Å². The molecule has 0 radical (unpaired) electrons. The van der Waals surface area contributed by atoms with E-state index in [4.69, 9.17) is 0 Å². The summed E-state index contributed by atoms with van der Waals surface area (Å²) in [4.78, 5) is 26.0. The molecule has 2 aromatic rings. The summed E-state index contributed by atoms with van der Waals surface area (Å²) in [6.07, 6.45) is 0.249. The molecule has 0 saturated carbocycles. The first-order chi connectivity index (χ1) is 12.3. The lowest BCUT2D eigenvalue weighted by Gasteiger charge is -2.22. The fourth-order valence-electron chi connectivity index (χ4n) is 2.89. The highest BCUT2D eigenvalue weighted by Gasteiger charge is 2.14. The lowest BCUT2D eigenvalue weighted by Crippen LogP contribution is -2.32. The highest BCUT2D eigenvalue weighted by Crippen LogP contribution is 2.21. The molecule has 0 bridgehead atoms. The van der Waals surface area contributed by atoms with Gasteiger partial charge < -0.3 is 10.2 Å². The molecule has 0 atom stereocenters. The van der Waals surface area contributed by atoms with Gasteiger partial charge in [0.25, 0.3) is 0 Å². The van der Waals surface area contributed by atoms with E-state index in [0.29, 0.717) is 12.5 Å². The number of amides is 2. The number of hydrogen-bond donors (Lipinski definition) is 1. The van der Waals surface area contributed by atoms with E-state index in [-0.39, 0.29) is 18.2 Å². The van der Waals surface area contributed by atoms with E-state index in [2.05, 4.69) is 19.2 Å². The van der Waals surface area contributed by atoms with E-state index >= 15 is 0 Å². The van der Waals surface area contributed by atoms with Crippen LogP contribution in [0.4, 0.5) is 11.4 Å². The third kappa shape index (κ3) is 5.19. The first-order valence-electron chi connectivity index (χ1n) is 9.03. The van der Waals surface area contributed by atoms with Crippen molar-refractivity contribution in [1.29, 1.82) is 0 Å². The van der Waals surface area contributed by atoms with Crippen molar-refractivity contribution in [2.45, 2.75) is 47.0 Å². The summed E-state index contributed by atoms with van der Waals surface area (Å²) >= 11 is 0. The van der Waals surface area contributed by atoms with Crippen LogP contribution in [0.25, 0.3) is 0 Å². The Morgan fingerprint density at radius 3 is 2.23 bits per heavy atom. The molecule has 2 rings (SSSR count). The number of benzene rings is 2. The molecule has 4 nitrogen and oxygen atoms in total. The lowest BCUT2D eigenvalue weighted by atomic mass is 10.0. The van der Waals surface area contributed by atoms with Gasteiger partial charge in [-0.25, -0.2) is 0 Å². The molecule has 26 heavy (non-hydrogen) atoms. The maximum atomic E-state index is 12.3. The van der Waals surface area contributed by atoms with Gasteiger partial charge in [-0.2, -0.15) is 0 Å². The zero-order chi connectivity index (χ0) is 19.3. The third-order valence-electron chi connectivity index (χ3n) is 4.47. The molecule has 2 aromatic carbocycles. The molecule has 0 fully saturated rings. The summed E-state index contributed by atoms with van der Waals surface area (Å²) in [5.41, 5.74) is 5.06. The zero-order valence-corrected chi connectivity index (χ0v) is 16.3. The first kappa shape index (κ1) is 19.7. The molecule has 0 aliphatic heterocycles. The van der Waals surface area contributed by atoms with Gasteiger partial charge in [0.2, 0.25) is 11.8 Å². The molecule has 2 amide bonds. The Hall–Kier alpha value is -2.62. The molecule has 0 heterocycles. The highest BCUT2D eigenvalue weighted by atomic mass is 16.2. The Balaban J connectivity index is 2.01. The number of carbonyl (C=O) groups excluding carboxylic acids is 2. The van der Waals surface area contributed by atoms with Crippen LogP contribution in [0.2, 0.25) is 0 Å². The molecule has 0 aromatic heterocycles. The molecule has 0 spiro atoms. The van der Waals surface area contributed by atoms with Gasteiger partial charge >= 0.3 is 0 Å². The van der Waals surface area contributed by atoms with Crippen molar-refractivity contribution in [1.82, 2.24) is 0 Å². The van der Waals surface area contributed by atoms with Gasteiger partial charge in [0.15, 0.2) is 0 Å². The summed E-state index contributed by atoms with van der Waals surface area (Å²) in [5, 5.41) is 2.93. The minimum atomic E-state index is -0.0954. The predicted octanol–water partition coefficient (Wildman–Crippen LogP) is 4.81. The summed E-state index contributed by atoms with van der Waals surface area (Å²) in [5.74, 6) is 0.280. The van der Waals surface area contributed by atoms with Gasteiger partial charge in [-0.15, -0.1) is 0 Å². The number of carbonyl (C=O) groups is 2. The van der Waals surface area contributed by atoms with E-state index in [1.165, 1.54) is 12.5 Å². The van der Waals surface area contributed by atoms with Gasteiger partial charge in [0.1, 0.15) is 0 Å². The second-order valence-electron chi connectivity index (χ2n) is 7.03. The second-order valence-corrected chi connectivity index (χ2v) is 7.03. The van der Waals surface area contributed by atoms with Crippen LogP contribution in [0.3, 0.4) is 0 Å². The van der Waals surface area contributed by atoms with Crippen molar-refractivity contribution in [2.24, 2.45) is 0 Å². The number of nitrogens with one attached hydrogen (secondary N) is 1. The van der Waals surface area contributed by atoms with E-state index in [1.807, 2.05) is 56.3 Å². The lowest BCUT2D eigenvalue weighted by molar-refractivity contribution is -0.117. The van der Waals surface area contributed by atoms with Crippen LogP contribution in [0.5, 0.6) is 0 Å². The number of rotatable bonds is 6. The number of aryl methyl sites for hydroxylation is 2. The molecule has 0 aliphatic rings. The van der Waals surface area contributed by atoms with Gasteiger partial charge in [-0.1, -0.05) is 43.7 Å². The summed E-state index contributed by atoms with van der Waals surface area (Å²) in [7, 11) is 0. The van der Waals surface area contributed by atoms with Gasteiger partial charge in [-0.3, -0.25) is 9.59 Å². The molecule has 138 valence electrons. The average molecular weight is 352 g/mol. The van der Waals surface area contributed by atoms with Crippen molar-refractivity contribution in [2.75, 3.05) is 16.8 Å². The minimum absolute atomic E-state index is 0.0680. The van der Waals surface area contributed by atoms with Crippen LogP contribution in [0, 0.1) is 13.8 Å². The number of anilines is 2. The zero-order valence-electron chi connectivity index (χ0n) is 16.3. The molecular weight excluding hydrogens is 324 g/mol. The van der Waals surface area contributed by atoms with E-state index in [9.17, 15) is 9.59 Å². The molecule has 0 unspecified atom stereocenters. The van der Waals surface area contributed by atoms with Crippen molar-refractivity contribution in [3.8, 4) is 0 Å². The normalized spacial score (nSPS) is 10.7. The smallest absolute Gasteiger partial charge is 0.226 e. The van der Waals surface area contributed by atoms with Gasteiger partial charge in [-0.05, 0) is 49.1 Å². The average Bonchev–Trinajstić information content (AvgIpc) is 2.57. The molecule has 0 saturated heterocycles. The Kier molecular flexibility index (Phi) is 6.56. The van der Waals surface area contributed by atoms with Crippen LogP contribution >= 0.6 is 0 Å². The van der Waals surface area contributed by atoms with Gasteiger partial charge in [0, 0.05) is 31.3 Å². The predicted molar refractivity (Wildman–Crippen MR) is 108 cm³/mol. The SMILES string of the molecule is CC(=O)N(CCC(=O)Nc1ccc(C)cc1C)c1ccc(C(C)C)cc1. The Labute approximate surface area is 156 Å². The summed E-state index contributed by atoms with van der Waals surface area (Å²) in [6.45, 7) is 10.1. The molecule has 4 heteroatoms. The van der Waals surface area contributed by atoms with Crippen molar-refractivity contribution in [3.05, 3.63) is 59.2 Å². The number of hydrogen-bond acceptors (Lipinski definition) is 2. The Bertz CT molecular complexity index is 779. The van der Waals surface area contributed by atoms with Crippen LogP contribution in [0.1, 0.15) is 49.8 Å². The van der Waals surface area contributed by atoms with Crippen molar-refractivity contribution < 1.29 is 9.59 Å². The Morgan fingerprint density at radius 2 is 1.69 bits per heavy atom. The highest BCUT2D eigenvalue weighted by molar-refractivity contribution is 5.95. The Morgan fingerprint density at radius 1 is 1.04 bits per heavy atom. The molecule has 1 N–H and O–H groups in total. The van der Waals surface area contributed by atoms with Crippen LogP contribution in [-0.2, 0) is 9.59 Å². The van der Waals surface area contributed by atoms with Gasteiger partial charge in [0.05, 0.1) is 0 Å². The number of nitrogens with zero attached hydrogens (tertiary/aromatic N) is 1. The fourth-order valence-corrected chi connectivity index (χ4v) is 2.89. The monoisotopic (exact) mass is 352 g/mol. The van der Waals surface area contributed by atoms with Crippen LogP contribution in [-0.4, -0.2) is 18.4 Å². The quantitative estimate of drug-likeness (QED) is 0.811. The topological polar surface area (TPSA) is 49.4 Å². The fraction of sp³-hybridized carbons (Fsp3) is 0.364. The summed E-state index contributed by atoms with van der Waals surface area (Å²) in [6, 6.07) is 13.9. The second kappa shape index (κ2) is 8.65. The molecule has 0 aliphatic carbocycles. The minimum Gasteiger partial charge on any atom is -0.326 e. The van der Waals surface area contributed by atoms with E-state index < -0.39 is 0 Å². The first-order valence-corrected chi connectivity index (χ1v) is 9.03.